The summed E-state index contributed by atoms with van der Waals surface area (Å²) in [4.78, 5) is 25.4. The standard InChI is InChI=1S/C12H11ClN2O3/c1-2-15-11(17)9(10(16)14-12(15)18)7-5-3-4-6-8(7)13/h3-6,17H,2H2,1H3,(H,14,16,18). The lowest BCUT2D eigenvalue weighted by Gasteiger charge is -2.10. The number of halogens is 1. The molecular formula is C12H11ClN2O3. The van der Waals surface area contributed by atoms with Crippen molar-refractivity contribution in [2.75, 3.05) is 0 Å². The summed E-state index contributed by atoms with van der Waals surface area (Å²) in [5, 5.41) is 10.3. The molecule has 0 fully saturated rings. The summed E-state index contributed by atoms with van der Waals surface area (Å²) >= 11 is 5.99. The second kappa shape index (κ2) is 4.70. The molecule has 2 aromatic rings. The molecule has 5 nitrogen and oxygen atoms in total. The Morgan fingerprint density at radius 1 is 1.33 bits per heavy atom. The molecule has 0 bridgehead atoms. The molecule has 2 N–H and O–H groups in total. The number of aromatic nitrogens is 2. The van der Waals surface area contributed by atoms with Crippen LogP contribution in [0.2, 0.25) is 5.02 Å². The van der Waals surface area contributed by atoms with E-state index in [9.17, 15) is 14.7 Å². The van der Waals surface area contributed by atoms with Crippen molar-refractivity contribution >= 4 is 11.6 Å². The predicted molar refractivity (Wildman–Crippen MR) is 69.1 cm³/mol. The van der Waals surface area contributed by atoms with Crippen LogP contribution in [0.1, 0.15) is 6.92 Å². The fraction of sp³-hybridized carbons (Fsp3) is 0.167. The Morgan fingerprint density at radius 3 is 2.61 bits per heavy atom. The van der Waals surface area contributed by atoms with E-state index in [2.05, 4.69) is 4.98 Å². The van der Waals surface area contributed by atoms with E-state index in [1.54, 1.807) is 31.2 Å². The van der Waals surface area contributed by atoms with Gasteiger partial charge >= 0.3 is 5.69 Å². The average molecular weight is 267 g/mol. The highest BCUT2D eigenvalue weighted by Gasteiger charge is 2.16. The van der Waals surface area contributed by atoms with Gasteiger partial charge < -0.3 is 5.11 Å². The number of hydrogen-bond donors (Lipinski definition) is 2. The number of rotatable bonds is 2. The lowest BCUT2D eigenvalue weighted by molar-refractivity contribution is 0.408. The maximum Gasteiger partial charge on any atom is 0.331 e. The molecule has 0 radical (unpaired) electrons. The quantitative estimate of drug-likeness (QED) is 0.867. The Hall–Kier alpha value is -2.01. The molecule has 0 atom stereocenters. The van der Waals surface area contributed by atoms with Crippen LogP contribution in [0, 0.1) is 0 Å². The Bertz CT molecular complexity index is 703. The van der Waals surface area contributed by atoms with Crippen LogP contribution in [-0.2, 0) is 6.54 Å². The highest BCUT2D eigenvalue weighted by atomic mass is 35.5. The van der Waals surface area contributed by atoms with Crippen LogP contribution in [0.4, 0.5) is 0 Å². The van der Waals surface area contributed by atoms with Gasteiger partial charge in [0.1, 0.15) is 5.56 Å². The minimum absolute atomic E-state index is 0.00190. The molecule has 1 heterocycles. The van der Waals surface area contributed by atoms with Crippen molar-refractivity contribution in [2.45, 2.75) is 13.5 Å². The van der Waals surface area contributed by atoms with Gasteiger partial charge in [-0.1, -0.05) is 29.8 Å². The molecule has 18 heavy (non-hydrogen) atoms. The number of aromatic amines is 1. The number of benzene rings is 1. The van der Waals surface area contributed by atoms with Crippen LogP contribution in [0.15, 0.2) is 33.9 Å². The smallest absolute Gasteiger partial charge is 0.331 e. The normalized spacial score (nSPS) is 10.6. The maximum atomic E-state index is 11.8. The minimum atomic E-state index is -0.657. The molecule has 0 amide bonds. The van der Waals surface area contributed by atoms with Crippen molar-refractivity contribution in [3.63, 3.8) is 0 Å². The van der Waals surface area contributed by atoms with Gasteiger partial charge in [0.25, 0.3) is 5.56 Å². The molecule has 1 aromatic heterocycles. The van der Waals surface area contributed by atoms with Gasteiger partial charge in [-0.15, -0.1) is 0 Å². The summed E-state index contributed by atoms with van der Waals surface area (Å²) in [6, 6.07) is 6.63. The summed E-state index contributed by atoms with van der Waals surface area (Å²) in [5.74, 6) is -0.376. The summed E-state index contributed by atoms with van der Waals surface area (Å²) in [6.07, 6.45) is 0. The number of hydrogen-bond acceptors (Lipinski definition) is 3. The molecule has 0 saturated carbocycles. The first-order valence-electron chi connectivity index (χ1n) is 5.37. The van der Waals surface area contributed by atoms with Gasteiger partial charge in [0.2, 0.25) is 5.88 Å². The van der Waals surface area contributed by atoms with Gasteiger partial charge in [-0.2, -0.15) is 0 Å². The van der Waals surface area contributed by atoms with Crippen LogP contribution < -0.4 is 11.2 Å². The Kier molecular flexibility index (Phi) is 3.25. The molecular weight excluding hydrogens is 256 g/mol. The maximum absolute atomic E-state index is 11.8. The van der Waals surface area contributed by atoms with Crippen LogP contribution in [0.5, 0.6) is 5.88 Å². The van der Waals surface area contributed by atoms with Crippen molar-refractivity contribution in [3.05, 3.63) is 50.1 Å². The molecule has 0 aliphatic carbocycles. The predicted octanol–water partition coefficient (Wildman–Crippen LogP) is 1.58. The van der Waals surface area contributed by atoms with Crippen molar-refractivity contribution in [1.82, 2.24) is 9.55 Å². The van der Waals surface area contributed by atoms with Crippen LogP contribution in [0.3, 0.4) is 0 Å². The van der Waals surface area contributed by atoms with E-state index in [1.165, 1.54) is 0 Å². The fourth-order valence-electron chi connectivity index (χ4n) is 1.76. The average Bonchev–Trinajstić information content (AvgIpc) is 2.31. The van der Waals surface area contributed by atoms with Crippen molar-refractivity contribution in [1.29, 1.82) is 0 Å². The van der Waals surface area contributed by atoms with Crippen LogP contribution in [-0.4, -0.2) is 14.7 Å². The fourth-order valence-corrected chi connectivity index (χ4v) is 1.99. The van der Waals surface area contributed by atoms with Gasteiger partial charge in [0.15, 0.2) is 0 Å². The summed E-state index contributed by atoms with van der Waals surface area (Å²) in [5.41, 5.74) is -0.909. The van der Waals surface area contributed by atoms with Gasteiger partial charge in [-0.25, -0.2) is 4.79 Å². The third-order valence-electron chi connectivity index (χ3n) is 2.63. The molecule has 2 rings (SSSR count). The van der Waals surface area contributed by atoms with Crippen LogP contribution >= 0.6 is 11.6 Å². The first-order chi connectivity index (χ1) is 8.56. The van der Waals surface area contributed by atoms with Crippen molar-refractivity contribution in [3.8, 4) is 17.0 Å². The topological polar surface area (TPSA) is 75.1 Å². The van der Waals surface area contributed by atoms with E-state index in [4.69, 9.17) is 11.6 Å². The summed E-state index contributed by atoms with van der Waals surface area (Å²) in [7, 11) is 0. The third-order valence-corrected chi connectivity index (χ3v) is 2.96. The highest BCUT2D eigenvalue weighted by molar-refractivity contribution is 6.33. The Balaban J connectivity index is 2.85. The Morgan fingerprint density at radius 2 is 2.00 bits per heavy atom. The lowest BCUT2D eigenvalue weighted by Crippen LogP contribution is -2.30. The van der Waals surface area contributed by atoms with E-state index < -0.39 is 11.2 Å². The largest absolute Gasteiger partial charge is 0.494 e. The molecule has 0 unspecified atom stereocenters. The molecule has 0 saturated heterocycles. The van der Waals surface area contributed by atoms with E-state index in [1.807, 2.05) is 0 Å². The molecule has 0 aliphatic heterocycles. The van der Waals surface area contributed by atoms with Gasteiger partial charge in [0.05, 0.1) is 0 Å². The van der Waals surface area contributed by atoms with E-state index >= 15 is 0 Å². The summed E-state index contributed by atoms with van der Waals surface area (Å²) < 4.78 is 1.07. The second-order valence-electron chi connectivity index (χ2n) is 3.68. The zero-order valence-corrected chi connectivity index (χ0v) is 10.4. The molecule has 0 spiro atoms. The number of nitrogens with zero attached hydrogens (tertiary/aromatic N) is 1. The van der Waals surface area contributed by atoms with E-state index in [-0.39, 0.29) is 18.0 Å². The van der Waals surface area contributed by atoms with E-state index in [0.29, 0.717) is 10.6 Å². The van der Waals surface area contributed by atoms with Gasteiger partial charge in [0, 0.05) is 17.1 Å². The van der Waals surface area contributed by atoms with Gasteiger partial charge in [-0.3, -0.25) is 14.3 Å². The molecule has 1 aromatic carbocycles. The number of H-pyrrole nitrogens is 1. The first kappa shape index (κ1) is 12.4. The highest BCUT2D eigenvalue weighted by Crippen LogP contribution is 2.29. The number of nitrogens with one attached hydrogen (secondary N) is 1. The third kappa shape index (κ3) is 1.93. The SMILES string of the molecule is CCn1c(O)c(-c2ccccc2Cl)c(=O)[nH]c1=O. The van der Waals surface area contributed by atoms with Crippen molar-refractivity contribution in [2.24, 2.45) is 0 Å². The van der Waals surface area contributed by atoms with Crippen LogP contribution in [0.25, 0.3) is 11.1 Å². The molecule has 0 aliphatic rings. The lowest BCUT2D eigenvalue weighted by atomic mass is 10.1. The zero-order valence-electron chi connectivity index (χ0n) is 9.61. The molecule has 94 valence electrons. The van der Waals surface area contributed by atoms with E-state index in [0.717, 1.165) is 4.57 Å². The number of aromatic hydroxyl groups is 1. The monoisotopic (exact) mass is 266 g/mol. The summed E-state index contributed by atoms with van der Waals surface area (Å²) in [6.45, 7) is 1.94. The zero-order chi connectivity index (χ0) is 13.3. The molecule has 6 heteroatoms. The first-order valence-corrected chi connectivity index (χ1v) is 5.75. The van der Waals surface area contributed by atoms with Gasteiger partial charge in [-0.05, 0) is 13.0 Å². The Labute approximate surface area is 107 Å². The minimum Gasteiger partial charge on any atom is -0.494 e. The van der Waals surface area contributed by atoms with Crippen molar-refractivity contribution < 1.29 is 5.11 Å². The second-order valence-corrected chi connectivity index (χ2v) is 4.09.